The van der Waals surface area contributed by atoms with E-state index in [4.69, 9.17) is 5.11 Å². The van der Waals surface area contributed by atoms with Crippen molar-refractivity contribution in [2.24, 2.45) is 0 Å². The molecule has 1 aromatic rings. The SMILES string of the molecule is Cc1nsc(N(C)C(=O)CSC(C)C)c1C(=O)O. The maximum absolute atomic E-state index is 11.9. The van der Waals surface area contributed by atoms with E-state index in [2.05, 4.69) is 4.37 Å². The highest BCUT2D eigenvalue weighted by atomic mass is 32.2. The highest BCUT2D eigenvalue weighted by molar-refractivity contribution is 8.00. The van der Waals surface area contributed by atoms with Crippen LogP contribution < -0.4 is 4.90 Å². The number of amides is 1. The number of carbonyl (C=O) groups excluding carboxylic acids is 1. The molecular formula is C11H16N2O3S2. The summed E-state index contributed by atoms with van der Waals surface area (Å²) in [5.74, 6) is -0.822. The highest BCUT2D eigenvalue weighted by Crippen LogP contribution is 2.28. The largest absolute Gasteiger partial charge is 0.478 e. The van der Waals surface area contributed by atoms with Gasteiger partial charge >= 0.3 is 5.97 Å². The number of hydrogen-bond donors (Lipinski definition) is 1. The quantitative estimate of drug-likeness (QED) is 0.900. The van der Waals surface area contributed by atoms with Crippen LogP contribution in [0.3, 0.4) is 0 Å². The van der Waals surface area contributed by atoms with Gasteiger partial charge in [-0.25, -0.2) is 4.79 Å². The van der Waals surface area contributed by atoms with Crippen molar-refractivity contribution in [3.63, 3.8) is 0 Å². The number of anilines is 1. The van der Waals surface area contributed by atoms with Gasteiger partial charge in [0, 0.05) is 7.05 Å². The summed E-state index contributed by atoms with van der Waals surface area (Å²) in [4.78, 5) is 24.4. The van der Waals surface area contributed by atoms with Crippen molar-refractivity contribution < 1.29 is 14.7 Å². The third-order valence-electron chi connectivity index (χ3n) is 2.28. The molecule has 1 amide bonds. The lowest BCUT2D eigenvalue weighted by Gasteiger charge is -2.16. The summed E-state index contributed by atoms with van der Waals surface area (Å²) in [6.07, 6.45) is 0. The van der Waals surface area contributed by atoms with E-state index in [0.29, 0.717) is 21.7 Å². The van der Waals surface area contributed by atoms with Gasteiger partial charge in [-0.3, -0.25) is 4.79 Å². The highest BCUT2D eigenvalue weighted by Gasteiger charge is 2.23. The number of aromatic carboxylic acids is 1. The Hall–Kier alpha value is -1.08. The first-order chi connectivity index (χ1) is 8.34. The minimum atomic E-state index is -1.05. The molecule has 0 aliphatic rings. The molecule has 0 saturated carbocycles. The predicted octanol–water partition coefficient (Wildman–Crippen LogP) is 2.25. The zero-order valence-electron chi connectivity index (χ0n) is 10.8. The molecule has 1 N–H and O–H groups in total. The maximum atomic E-state index is 11.9. The molecule has 1 aromatic heterocycles. The molecule has 0 aliphatic carbocycles. The van der Waals surface area contributed by atoms with Crippen LogP contribution in [0.5, 0.6) is 0 Å². The Kier molecular flexibility index (Phi) is 5.15. The van der Waals surface area contributed by atoms with E-state index in [0.717, 1.165) is 11.5 Å². The fourth-order valence-corrected chi connectivity index (χ4v) is 2.82. The minimum absolute atomic E-state index is 0.111. The first kappa shape index (κ1) is 15.0. The molecule has 0 radical (unpaired) electrons. The Labute approximate surface area is 114 Å². The third kappa shape index (κ3) is 3.46. The van der Waals surface area contributed by atoms with Crippen molar-refractivity contribution in [3.05, 3.63) is 11.3 Å². The van der Waals surface area contributed by atoms with Gasteiger partial charge in [-0.1, -0.05) is 13.8 Å². The molecule has 100 valence electrons. The molecule has 18 heavy (non-hydrogen) atoms. The lowest BCUT2D eigenvalue weighted by molar-refractivity contribution is -0.115. The Morgan fingerprint density at radius 2 is 2.11 bits per heavy atom. The zero-order chi connectivity index (χ0) is 13.9. The fourth-order valence-electron chi connectivity index (χ4n) is 1.28. The first-order valence-electron chi connectivity index (χ1n) is 5.42. The van der Waals surface area contributed by atoms with E-state index >= 15 is 0 Å². The second-order valence-corrected chi connectivity index (χ2v) is 6.38. The number of thioether (sulfide) groups is 1. The number of rotatable bonds is 5. The smallest absolute Gasteiger partial charge is 0.340 e. The summed E-state index contributed by atoms with van der Waals surface area (Å²) in [6, 6.07) is 0. The van der Waals surface area contributed by atoms with E-state index in [-0.39, 0.29) is 11.5 Å². The van der Waals surface area contributed by atoms with Crippen LogP contribution in [0.2, 0.25) is 0 Å². The van der Waals surface area contributed by atoms with Crippen LogP contribution >= 0.6 is 23.3 Å². The van der Waals surface area contributed by atoms with Gasteiger partial charge in [-0.15, -0.1) is 11.8 Å². The molecule has 5 nitrogen and oxygen atoms in total. The average Bonchev–Trinajstić information content (AvgIpc) is 2.66. The van der Waals surface area contributed by atoms with Gasteiger partial charge in [0.2, 0.25) is 5.91 Å². The molecule has 1 heterocycles. The fraction of sp³-hybridized carbons (Fsp3) is 0.545. The lowest BCUT2D eigenvalue weighted by atomic mass is 10.2. The zero-order valence-corrected chi connectivity index (χ0v) is 12.4. The number of nitrogens with zero attached hydrogens (tertiary/aromatic N) is 2. The van der Waals surface area contributed by atoms with Crippen molar-refractivity contribution in [2.75, 3.05) is 17.7 Å². The Balaban J connectivity index is 2.87. The van der Waals surface area contributed by atoms with Crippen LogP contribution in [0.25, 0.3) is 0 Å². The summed E-state index contributed by atoms with van der Waals surface area (Å²) >= 11 is 2.57. The van der Waals surface area contributed by atoms with Crippen molar-refractivity contribution in [3.8, 4) is 0 Å². The number of aromatic nitrogens is 1. The molecule has 0 aliphatic heterocycles. The Morgan fingerprint density at radius 1 is 1.50 bits per heavy atom. The second kappa shape index (κ2) is 6.19. The molecule has 7 heteroatoms. The number of carbonyl (C=O) groups is 2. The van der Waals surface area contributed by atoms with Gasteiger partial charge in [-0.2, -0.15) is 4.37 Å². The summed E-state index contributed by atoms with van der Waals surface area (Å²) in [5.41, 5.74) is 0.559. The molecule has 1 rings (SSSR count). The van der Waals surface area contributed by atoms with E-state index in [1.54, 1.807) is 14.0 Å². The van der Waals surface area contributed by atoms with Crippen LogP contribution in [0.4, 0.5) is 5.00 Å². The second-order valence-electron chi connectivity index (χ2n) is 4.07. The van der Waals surface area contributed by atoms with E-state index in [1.165, 1.54) is 16.7 Å². The molecule has 0 atom stereocenters. The Bertz CT molecular complexity index is 457. The topological polar surface area (TPSA) is 70.5 Å². The Morgan fingerprint density at radius 3 is 2.61 bits per heavy atom. The van der Waals surface area contributed by atoms with E-state index in [9.17, 15) is 9.59 Å². The van der Waals surface area contributed by atoms with E-state index in [1.807, 2.05) is 13.8 Å². The summed E-state index contributed by atoms with van der Waals surface area (Å²) in [5, 5.41) is 9.87. The van der Waals surface area contributed by atoms with Gasteiger partial charge in [0.1, 0.15) is 10.6 Å². The van der Waals surface area contributed by atoms with Gasteiger partial charge in [0.15, 0.2) is 0 Å². The number of carboxylic acid groups (broad SMARTS) is 1. The number of aryl methyl sites for hydroxylation is 1. The summed E-state index contributed by atoms with van der Waals surface area (Å²) in [6.45, 7) is 5.65. The molecule has 0 unspecified atom stereocenters. The summed E-state index contributed by atoms with van der Waals surface area (Å²) < 4.78 is 4.00. The molecule has 0 aromatic carbocycles. The molecule has 0 saturated heterocycles. The normalized spacial score (nSPS) is 10.7. The van der Waals surface area contributed by atoms with E-state index < -0.39 is 5.97 Å². The standard InChI is InChI=1S/C11H16N2O3S2/c1-6(2)17-5-8(14)13(4)10-9(11(15)16)7(3)12-18-10/h6H,5H2,1-4H3,(H,15,16). The third-order valence-corrected chi connectivity index (χ3v) is 4.37. The summed E-state index contributed by atoms with van der Waals surface area (Å²) in [7, 11) is 1.59. The molecule has 0 spiro atoms. The maximum Gasteiger partial charge on any atom is 0.340 e. The predicted molar refractivity (Wildman–Crippen MR) is 74.8 cm³/mol. The van der Waals surface area contributed by atoms with Gasteiger partial charge in [-0.05, 0) is 23.7 Å². The van der Waals surface area contributed by atoms with Crippen molar-refractivity contribution >= 4 is 40.2 Å². The first-order valence-corrected chi connectivity index (χ1v) is 7.24. The van der Waals surface area contributed by atoms with Gasteiger partial charge in [0.05, 0.1) is 11.4 Å². The van der Waals surface area contributed by atoms with Gasteiger partial charge < -0.3 is 10.0 Å². The van der Waals surface area contributed by atoms with Crippen molar-refractivity contribution in [1.29, 1.82) is 0 Å². The van der Waals surface area contributed by atoms with Crippen LogP contribution in [0.15, 0.2) is 0 Å². The van der Waals surface area contributed by atoms with Crippen molar-refractivity contribution in [1.82, 2.24) is 4.37 Å². The lowest BCUT2D eigenvalue weighted by Crippen LogP contribution is -2.29. The number of carboxylic acids is 1. The minimum Gasteiger partial charge on any atom is -0.478 e. The van der Waals surface area contributed by atoms with Crippen LogP contribution in [0.1, 0.15) is 29.9 Å². The average molecular weight is 288 g/mol. The molecule has 0 fully saturated rings. The van der Waals surface area contributed by atoms with Crippen LogP contribution in [-0.4, -0.2) is 39.4 Å². The van der Waals surface area contributed by atoms with Crippen molar-refractivity contribution in [2.45, 2.75) is 26.0 Å². The van der Waals surface area contributed by atoms with Gasteiger partial charge in [0.25, 0.3) is 0 Å². The van der Waals surface area contributed by atoms with Crippen LogP contribution in [-0.2, 0) is 4.79 Å². The monoisotopic (exact) mass is 288 g/mol. The molecule has 0 bridgehead atoms. The number of hydrogen-bond acceptors (Lipinski definition) is 5. The van der Waals surface area contributed by atoms with Crippen LogP contribution in [0, 0.1) is 6.92 Å². The molecular weight excluding hydrogens is 272 g/mol.